The van der Waals surface area contributed by atoms with E-state index in [1.54, 1.807) is 7.11 Å². The van der Waals surface area contributed by atoms with Crippen LogP contribution >= 0.6 is 11.5 Å². The van der Waals surface area contributed by atoms with Crippen molar-refractivity contribution < 1.29 is 4.74 Å². The highest BCUT2D eigenvalue weighted by Crippen LogP contribution is 2.30. The van der Waals surface area contributed by atoms with Crippen molar-refractivity contribution in [2.24, 2.45) is 0 Å². The Bertz CT molecular complexity index is 462. The van der Waals surface area contributed by atoms with Crippen LogP contribution in [-0.4, -0.2) is 11.5 Å². The molecule has 0 fully saturated rings. The Morgan fingerprint density at radius 2 is 1.93 bits per heavy atom. The maximum atomic E-state index is 5.77. The molecule has 1 aromatic carbocycles. The van der Waals surface area contributed by atoms with Gasteiger partial charge in [-0.05, 0) is 42.7 Å². The van der Waals surface area contributed by atoms with Gasteiger partial charge in [0.1, 0.15) is 10.8 Å². The molecule has 2 rings (SSSR count). The summed E-state index contributed by atoms with van der Waals surface area (Å²) in [6.45, 7) is 1.98. The number of aromatic nitrogens is 1. The van der Waals surface area contributed by atoms with Crippen molar-refractivity contribution in [1.29, 1.82) is 0 Å². The summed E-state index contributed by atoms with van der Waals surface area (Å²) in [6, 6.07) is 7.81. The van der Waals surface area contributed by atoms with Gasteiger partial charge in [0.05, 0.1) is 12.8 Å². The molecular formula is C11H12N2OS. The summed E-state index contributed by atoms with van der Waals surface area (Å²) < 4.78 is 9.41. The van der Waals surface area contributed by atoms with E-state index in [9.17, 15) is 0 Å². The third-order valence-electron chi connectivity index (χ3n) is 2.32. The number of hydrogen-bond donors (Lipinski definition) is 1. The topological polar surface area (TPSA) is 48.1 Å². The maximum absolute atomic E-state index is 5.77. The normalized spacial score (nSPS) is 10.3. The van der Waals surface area contributed by atoms with Crippen molar-refractivity contribution in [3.63, 3.8) is 0 Å². The monoisotopic (exact) mass is 220 g/mol. The Morgan fingerprint density at radius 3 is 2.40 bits per heavy atom. The van der Waals surface area contributed by atoms with Gasteiger partial charge in [0.15, 0.2) is 0 Å². The number of hydrogen-bond acceptors (Lipinski definition) is 4. The Kier molecular flexibility index (Phi) is 2.60. The first kappa shape index (κ1) is 9.98. The minimum atomic E-state index is 0.779. The molecule has 3 nitrogen and oxygen atoms in total. The zero-order chi connectivity index (χ0) is 10.8. The molecule has 4 heteroatoms. The number of ether oxygens (including phenoxy) is 1. The summed E-state index contributed by atoms with van der Waals surface area (Å²) in [5.41, 5.74) is 8.84. The SMILES string of the molecule is COc1ccc(-c2nsc(N)c2C)cc1. The van der Waals surface area contributed by atoms with Gasteiger partial charge in [-0.25, -0.2) is 0 Å². The Morgan fingerprint density at radius 1 is 1.27 bits per heavy atom. The van der Waals surface area contributed by atoms with Crippen LogP contribution in [0.2, 0.25) is 0 Å². The number of nitrogen functional groups attached to an aromatic ring is 1. The van der Waals surface area contributed by atoms with Crippen LogP contribution < -0.4 is 10.5 Å². The van der Waals surface area contributed by atoms with Gasteiger partial charge in [0.2, 0.25) is 0 Å². The van der Waals surface area contributed by atoms with Crippen LogP contribution in [-0.2, 0) is 0 Å². The minimum Gasteiger partial charge on any atom is -0.497 e. The summed E-state index contributed by atoms with van der Waals surface area (Å²) in [6.07, 6.45) is 0. The molecule has 0 aliphatic carbocycles. The van der Waals surface area contributed by atoms with Crippen LogP contribution in [0.3, 0.4) is 0 Å². The Labute approximate surface area is 92.7 Å². The molecule has 1 heterocycles. The highest BCUT2D eigenvalue weighted by molar-refractivity contribution is 7.10. The van der Waals surface area contributed by atoms with Crippen LogP contribution in [0.25, 0.3) is 11.3 Å². The molecule has 0 bridgehead atoms. The number of nitrogens with zero attached hydrogens (tertiary/aromatic N) is 1. The lowest BCUT2D eigenvalue weighted by molar-refractivity contribution is 0.415. The molecule has 2 aromatic rings. The van der Waals surface area contributed by atoms with E-state index in [4.69, 9.17) is 10.5 Å². The fourth-order valence-corrected chi connectivity index (χ4v) is 2.03. The third kappa shape index (κ3) is 1.80. The molecule has 0 saturated carbocycles. The van der Waals surface area contributed by atoms with Gasteiger partial charge in [-0.2, -0.15) is 4.37 Å². The van der Waals surface area contributed by atoms with E-state index in [-0.39, 0.29) is 0 Å². The standard InChI is InChI=1S/C11H12N2OS/c1-7-10(13-15-11(7)12)8-3-5-9(14-2)6-4-8/h3-6H,12H2,1-2H3. The molecule has 0 aliphatic rings. The zero-order valence-electron chi connectivity index (χ0n) is 8.65. The van der Waals surface area contributed by atoms with E-state index in [0.717, 1.165) is 27.6 Å². The van der Waals surface area contributed by atoms with Gasteiger partial charge < -0.3 is 10.5 Å². The van der Waals surface area contributed by atoms with Gasteiger partial charge in [-0.3, -0.25) is 0 Å². The molecule has 0 amide bonds. The fraction of sp³-hybridized carbons (Fsp3) is 0.182. The molecule has 78 valence electrons. The molecule has 0 aliphatic heterocycles. The average Bonchev–Trinajstić information content (AvgIpc) is 2.60. The molecule has 0 spiro atoms. The minimum absolute atomic E-state index is 0.779. The number of methoxy groups -OCH3 is 1. The molecular weight excluding hydrogens is 208 g/mol. The van der Waals surface area contributed by atoms with Crippen molar-refractivity contribution >= 4 is 16.5 Å². The third-order valence-corrected chi connectivity index (χ3v) is 3.10. The van der Waals surface area contributed by atoms with Gasteiger partial charge in [-0.15, -0.1) is 0 Å². The maximum Gasteiger partial charge on any atom is 0.118 e. The van der Waals surface area contributed by atoms with E-state index < -0.39 is 0 Å². The van der Waals surface area contributed by atoms with Crippen molar-refractivity contribution in [3.8, 4) is 17.0 Å². The van der Waals surface area contributed by atoms with Crippen LogP contribution in [0.4, 0.5) is 5.00 Å². The molecule has 1 aromatic heterocycles. The smallest absolute Gasteiger partial charge is 0.118 e. The average molecular weight is 220 g/mol. The second-order valence-electron chi connectivity index (χ2n) is 3.25. The first-order chi connectivity index (χ1) is 7.22. The van der Waals surface area contributed by atoms with E-state index in [1.807, 2.05) is 31.2 Å². The molecule has 0 atom stereocenters. The van der Waals surface area contributed by atoms with E-state index >= 15 is 0 Å². The van der Waals surface area contributed by atoms with E-state index in [0.29, 0.717) is 0 Å². The summed E-state index contributed by atoms with van der Waals surface area (Å²) in [4.78, 5) is 0. The predicted molar refractivity (Wildman–Crippen MR) is 63.3 cm³/mol. The lowest BCUT2D eigenvalue weighted by atomic mass is 10.1. The highest BCUT2D eigenvalue weighted by atomic mass is 32.1. The lowest BCUT2D eigenvalue weighted by Crippen LogP contribution is -1.86. The number of nitrogens with two attached hydrogens (primary N) is 1. The Hall–Kier alpha value is -1.55. The fourth-order valence-electron chi connectivity index (χ4n) is 1.37. The largest absolute Gasteiger partial charge is 0.497 e. The van der Waals surface area contributed by atoms with Crippen LogP contribution in [0.15, 0.2) is 24.3 Å². The van der Waals surface area contributed by atoms with Crippen LogP contribution in [0.5, 0.6) is 5.75 Å². The summed E-state index contributed by atoms with van der Waals surface area (Å²) >= 11 is 1.33. The van der Waals surface area contributed by atoms with Gasteiger partial charge in [0.25, 0.3) is 0 Å². The highest BCUT2D eigenvalue weighted by Gasteiger charge is 2.08. The van der Waals surface area contributed by atoms with Crippen molar-refractivity contribution in [2.45, 2.75) is 6.92 Å². The Balaban J connectivity index is 2.41. The van der Waals surface area contributed by atoms with Gasteiger partial charge in [-0.1, -0.05) is 0 Å². The summed E-state index contributed by atoms with van der Waals surface area (Å²) in [5.74, 6) is 0.847. The van der Waals surface area contributed by atoms with Crippen molar-refractivity contribution in [1.82, 2.24) is 4.37 Å². The van der Waals surface area contributed by atoms with Crippen LogP contribution in [0.1, 0.15) is 5.56 Å². The van der Waals surface area contributed by atoms with E-state index in [1.165, 1.54) is 11.5 Å². The second-order valence-corrected chi connectivity index (χ2v) is 4.05. The van der Waals surface area contributed by atoms with E-state index in [2.05, 4.69) is 4.37 Å². The van der Waals surface area contributed by atoms with Crippen molar-refractivity contribution in [2.75, 3.05) is 12.8 Å². The molecule has 0 saturated heterocycles. The predicted octanol–water partition coefficient (Wildman–Crippen LogP) is 2.71. The molecule has 15 heavy (non-hydrogen) atoms. The molecule has 0 radical (unpaired) electrons. The number of anilines is 1. The quantitative estimate of drug-likeness (QED) is 0.846. The van der Waals surface area contributed by atoms with Crippen LogP contribution in [0, 0.1) is 6.92 Å². The summed E-state index contributed by atoms with van der Waals surface area (Å²) in [5, 5.41) is 0.779. The number of benzene rings is 1. The second kappa shape index (κ2) is 3.90. The molecule has 2 N–H and O–H groups in total. The van der Waals surface area contributed by atoms with Gasteiger partial charge in [0, 0.05) is 11.1 Å². The first-order valence-corrected chi connectivity index (χ1v) is 5.36. The molecule has 0 unspecified atom stereocenters. The lowest BCUT2D eigenvalue weighted by Gasteiger charge is -2.01. The summed E-state index contributed by atoms with van der Waals surface area (Å²) in [7, 11) is 1.65. The van der Waals surface area contributed by atoms with Gasteiger partial charge >= 0.3 is 0 Å². The first-order valence-electron chi connectivity index (χ1n) is 4.58. The van der Waals surface area contributed by atoms with Crippen molar-refractivity contribution in [3.05, 3.63) is 29.8 Å². The number of rotatable bonds is 2. The zero-order valence-corrected chi connectivity index (χ0v) is 9.47.